The molecule has 66 valence electrons. The highest BCUT2D eigenvalue weighted by molar-refractivity contribution is 5.10. The molecule has 0 amide bonds. The van der Waals surface area contributed by atoms with Crippen molar-refractivity contribution in [3.8, 4) is 0 Å². The fourth-order valence-electron chi connectivity index (χ4n) is 1.04. The van der Waals surface area contributed by atoms with Crippen LogP contribution in [0.5, 0.6) is 0 Å². The van der Waals surface area contributed by atoms with Crippen molar-refractivity contribution in [2.75, 3.05) is 6.54 Å². The van der Waals surface area contributed by atoms with Crippen LogP contribution in [0.1, 0.15) is 17.8 Å². The topological polar surface area (TPSA) is 59.1 Å². The monoisotopic (exact) mass is 166 g/mol. The molecule has 0 fully saturated rings. The summed E-state index contributed by atoms with van der Waals surface area (Å²) in [7, 11) is 0. The van der Waals surface area contributed by atoms with Crippen molar-refractivity contribution in [2.24, 2.45) is 5.73 Å². The summed E-state index contributed by atoms with van der Waals surface area (Å²) in [5.74, 6) is 0. The number of pyridine rings is 1. The van der Waals surface area contributed by atoms with E-state index in [0.717, 1.165) is 24.2 Å². The predicted molar refractivity (Wildman–Crippen MR) is 47.5 cm³/mol. The molecular weight excluding hydrogens is 152 g/mol. The summed E-state index contributed by atoms with van der Waals surface area (Å²) in [6, 6.07) is 5.67. The first-order chi connectivity index (χ1) is 5.86. The smallest absolute Gasteiger partial charge is 0.0853 e. The maximum absolute atomic E-state index is 8.80. The molecule has 0 aliphatic carbocycles. The minimum absolute atomic E-state index is 0.0104. The third-order valence-corrected chi connectivity index (χ3v) is 1.66. The number of aliphatic hydroxyl groups is 1. The van der Waals surface area contributed by atoms with Crippen LogP contribution < -0.4 is 5.73 Å². The van der Waals surface area contributed by atoms with Crippen molar-refractivity contribution >= 4 is 0 Å². The summed E-state index contributed by atoms with van der Waals surface area (Å²) in [5.41, 5.74) is 7.10. The van der Waals surface area contributed by atoms with Gasteiger partial charge in [-0.3, -0.25) is 4.98 Å². The normalized spacial score (nSPS) is 10.2. The lowest BCUT2D eigenvalue weighted by Crippen LogP contribution is -2.02. The quantitative estimate of drug-likeness (QED) is 0.683. The average Bonchev–Trinajstić information content (AvgIpc) is 2.15. The average molecular weight is 166 g/mol. The lowest BCUT2D eigenvalue weighted by molar-refractivity contribution is 0.276. The largest absolute Gasteiger partial charge is 0.390 e. The highest BCUT2D eigenvalue weighted by atomic mass is 16.3. The number of hydrogen-bond acceptors (Lipinski definition) is 3. The van der Waals surface area contributed by atoms with Crippen LogP contribution in [-0.2, 0) is 13.0 Å². The van der Waals surface area contributed by atoms with E-state index in [2.05, 4.69) is 4.98 Å². The molecule has 3 N–H and O–H groups in total. The Morgan fingerprint density at radius 2 is 2.08 bits per heavy atom. The van der Waals surface area contributed by atoms with Gasteiger partial charge in [0.05, 0.1) is 12.3 Å². The van der Waals surface area contributed by atoms with E-state index in [1.165, 1.54) is 0 Å². The van der Waals surface area contributed by atoms with Gasteiger partial charge in [0.2, 0.25) is 0 Å². The van der Waals surface area contributed by atoms with E-state index < -0.39 is 0 Å². The van der Waals surface area contributed by atoms with Gasteiger partial charge in [-0.25, -0.2) is 0 Å². The molecule has 1 heterocycles. The molecule has 3 heteroatoms. The molecule has 3 nitrogen and oxygen atoms in total. The molecule has 0 spiro atoms. The first-order valence-corrected chi connectivity index (χ1v) is 4.12. The zero-order chi connectivity index (χ0) is 8.81. The number of nitrogens with zero attached hydrogens (tertiary/aromatic N) is 1. The molecule has 0 radical (unpaired) electrons. The number of aliphatic hydroxyl groups excluding tert-OH is 1. The molecule has 0 unspecified atom stereocenters. The van der Waals surface area contributed by atoms with Crippen molar-refractivity contribution < 1.29 is 5.11 Å². The number of rotatable bonds is 4. The molecular formula is C9H14N2O. The second-order valence-electron chi connectivity index (χ2n) is 2.67. The predicted octanol–water partition coefficient (Wildman–Crippen LogP) is 0.465. The number of aryl methyl sites for hydroxylation is 1. The Morgan fingerprint density at radius 1 is 1.33 bits per heavy atom. The van der Waals surface area contributed by atoms with E-state index in [1.54, 1.807) is 0 Å². The Kier molecular flexibility index (Phi) is 3.70. The van der Waals surface area contributed by atoms with Crippen LogP contribution in [0.3, 0.4) is 0 Å². The van der Waals surface area contributed by atoms with E-state index in [1.807, 2.05) is 18.2 Å². The van der Waals surface area contributed by atoms with Gasteiger partial charge in [0, 0.05) is 5.69 Å². The second-order valence-corrected chi connectivity index (χ2v) is 2.67. The lowest BCUT2D eigenvalue weighted by Gasteiger charge is -2.00. The second kappa shape index (κ2) is 4.85. The van der Waals surface area contributed by atoms with Crippen LogP contribution in [-0.4, -0.2) is 16.6 Å². The summed E-state index contributed by atoms with van der Waals surface area (Å²) in [6.07, 6.45) is 1.84. The third kappa shape index (κ3) is 2.60. The maximum atomic E-state index is 8.80. The molecule has 0 bridgehead atoms. The molecule has 0 aromatic carbocycles. The zero-order valence-electron chi connectivity index (χ0n) is 7.03. The van der Waals surface area contributed by atoms with Gasteiger partial charge >= 0.3 is 0 Å². The SMILES string of the molecule is NCCCc1cccc(CO)n1. The molecule has 0 aliphatic heterocycles. The Labute approximate surface area is 72.2 Å². The van der Waals surface area contributed by atoms with Crippen molar-refractivity contribution in [1.82, 2.24) is 4.98 Å². The molecule has 0 saturated carbocycles. The van der Waals surface area contributed by atoms with Gasteiger partial charge in [0.1, 0.15) is 0 Å². The van der Waals surface area contributed by atoms with Crippen LogP contribution in [0.25, 0.3) is 0 Å². The number of hydrogen-bond donors (Lipinski definition) is 2. The highest BCUT2D eigenvalue weighted by Gasteiger charge is 1.95. The minimum atomic E-state index is 0.0104. The van der Waals surface area contributed by atoms with Crippen molar-refractivity contribution in [2.45, 2.75) is 19.4 Å². The van der Waals surface area contributed by atoms with Crippen molar-refractivity contribution in [1.29, 1.82) is 0 Å². The van der Waals surface area contributed by atoms with Crippen LogP contribution in [0.4, 0.5) is 0 Å². The standard InChI is InChI=1S/C9H14N2O/c10-6-2-5-8-3-1-4-9(7-12)11-8/h1,3-4,12H,2,5-7,10H2. The van der Waals surface area contributed by atoms with Gasteiger partial charge < -0.3 is 10.8 Å². The van der Waals surface area contributed by atoms with Gasteiger partial charge in [-0.15, -0.1) is 0 Å². The fourth-order valence-corrected chi connectivity index (χ4v) is 1.04. The first-order valence-electron chi connectivity index (χ1n) is 4.12. The van der Waals surface area contributed by atoms with Crippen molar-refractivity contribution in [3.63, 3.8) is 0 Å². The summed E-state index contributed by atoms with van der Waals surface area (Å²) in [6.45, 7) is 0.696. The van der Waals surface area contributed by atoms with Crippen LogP contribution >= 0.6 is 0 Å². The zero-order valence-corrected chi connectivity index (χ0v) is 7.03. The van der Waals surface area contributed by atoms with Gasteiger partial charge in [-0.1, -0.05) is 6.07 Å². The molecule has 1 rings (SSSR count). The maximum Gasteiger partial charge on any atom is 0.0853 e. The summed E-state index contributed by atoms with van der Waals surface area (Å²) in [5, 5.41) is 8.80. The van der Waals surface area contributed by atoms with Crippen molar-refractivity contribution in [3.05, 3.63) is 29.6 Å². The first kappa shape index (κ1) is 9.16. The number of aromatic nitrogens is 1. The molecule has 1 aromatic rings. The third-order valence-electron chi connectivity index (χ3n) is 1.66. The minimum Gasteiger partial charge on any atom is -0.390 e. The number of nitrogens with two attached hydrogens (primary N) is 1. The van der Waals surface area contributed by atoms with Crippen LogP contribution in [0.2, 0.25) is 0 Å². The Bertz CT molecular complexity index is 238. The van der Waals surface area contributed by atoms with E-state index in [0.29, 0.717) is 6.54 Å². The van der Waals surface area contributed by atoms with Gasteiger partial charge in [0.25, 0.3) is 0 Å². The summed E-state index contributed by atoms with van der Waals surface area (Å²) >= 11 is 0. The molecule has 0 aliphatic rings. The molecule has 12 heavy (non-hydrogen) atoms. The van der Waals surface area contributed by atoms with Gasteiger partial charge in [-0.05, 0) is 31.5 Å². The van der Waals surface area contributed by atoms with Crippen LogP contribution in [0.15, 0.2) is 18.2 Å². The summed E-state index contributed by atoms with van der Waals surface area (Å²) < 4.78 is 0. The summed E-state index contributed by atoms with van der Waals surface area (Å²) in [4.78, 5) is 4.22. The Hall–Kier alpha value is -0.930. The van der Waals surface area contributed by atoms with Crippen LogP contribution in [0, 0.1) is 0 Å². The molecule has 0 atom stereocenters. The lowest BCUT2D eigenvalue weighted by atomic mass is 10.2. The molecule has 0 saturated heterocycles. The van der Waals surface area contributed by atoms with E-state index >= 15 is 0 Å². The van der Waals surface area contributed by atoms with E-state index in [9.17, 15) is 0 Å². The molecule has 1 aromatic heterocycles. The highest BCUT2D eigenvalue weighted by Crippen LogP contribution is 2.01. The Morgan fingerprint density at radius 3 is 2.75 bits per heavy atom. The van der Waals surface area contributed by atoms with Gasteiger partial charge in [-0.2, -0.15) is 0 Å². The van der Waals surface area contributed by atoms with Gasteiger partial charge in [0.15, 0.2) is 0 Å². The van der Waals surface area contributed by atoms with E-state index in [4.69, 9.17) is 10.8 Å². The Balaban J connectivity index is 2.60. The fraction of sp³-hybridized carbons (Fsp3) is 0.444. The van der Waals surface area contributed by atoms with E-state index in [-0.39, 0.29) is 6.61 Å².